The largest absolute Gasteiger partial charge is 0.343 e. The van der Waals surface area contributed by atoms with Gasteiger partial charge in [0, 0.05) is 6.42 Å². The van der Waals surface area contributed by atoms with E-state index in [1.54, 1.807) is 24.3 Å². The molecule has 20 heavy (non-hydrogen) atoms. The number of hydrogen-bond acceptors (Lipinski definition) is 5. The zero-order chi connectivity index (χ0) is 13.9. The van der Waals surface area contributed by atoms with E-state index < -0.39 is 18.4 Å². The highest BCUT2D eigenvalue weighted by Gasteiger charge is 2.50. The molecule has 102 valence electrons. The molecule has 0 aliphatic carbocycles. The van der Waals surface area contributed by atoms with Crippen molar-refractivity contribution in [3.05, 3.63) is 35.4 Å². The van der Waals surface area contributed by atoms with Crippen LogP contribution in [0.25, 0.3) is 0 Å². The van der Waals surface area contributed by atoms with Crippen LogP contribution in [-0.4, -0.2) is 47.5 Å². The van der Waals surface area contributed by atoms with Crippen molar-refractivity contribution in [2.24, 2.45) is 0 Å². The maximum Gasteiger partial charge on any atom is 0.261 e. The molecule has 2 amide bonds. The number of Topliss-reactive ketones (excluding diaryl/α,β-unsaturated/α-hetero) is 1. The molecule has 0 unspecified atom stereocenters. The highest BCUT2D eigenvalue weighted by Crippen LogP contribution is 2.33. The molecule has 6 heteroatoms. The second kappa shape index (κ2) is 3.97. The molecule has 0 radical (unpaired) electrons. The van der Waals surface area contributed by atoms with Gasteiger partial charge < -0.3 is 9.47 Å². The first kappa shape index (κ1) is 11.7. The number of amides is 2. The first-order valence-corrected chi connectivity index (χ1v) is 6.43. The van der Waals surface area contributed by atoms with Gasteiger partial charge in [0.1, 0.15) is 6.10 Å². The van der Waals surface area contributed by atoms with Crippen LogP contribution in [0.3, 0.4) is 0 Å². The van der Waals surface area contributed by atoms with Gasteiger partial charge in [-0.1, -0.05) is 12.1 Å². The van der Waals surface area contributed by atoms with Crippen LogP contribution in [0, 0.1) is 0 Å². The number of ketones is 1. The van der Waals surface area contributed by atoms with Crippen molar-refractivity contribution in [3.8, 4) is 0 Å². The van der Waals surface area contributed by atoms with Gasteiger partial charge in [-0.05, 0) is 12.1 Å². The molecule has 4 rings (SSSR count). The van der Waals surface area contributed by atoms with E-state index in [1.807, 2.05) is 0 Å². The van der Waals surface area contributed by atoms with Crippen LogP contribution in [0.4, 0.5) is 0 Å². The number of ether oxygens (including phenoxy) is 2. The number of nitrogens with zero attached hydrogens (tertiary/aromatic N) is 1. The van der Waals surface area contributed by atoms with E-state index in [2.05, 4.69) is 0 Å². The lowest BCUT2D eigenvalue weighted by atomic mass is 10.0. The molecule has 1 aromatic rings. The second-order valence-corrected chi connectivity index (χ2v) is 5.10. The summed E-state index contributed by atoms with van der Waals surface area (Å²) in [4.78, 5) is 37.7. The third kappa shape index (κ3) is 1.43. The zero-order valence-corrected chi connectivity index (χ0v) is 10.4. The number of hydrogen-bond donors (Lipinski definition) is 0. The molecule has 0 N–H and O–H groups in total. The van der Waals surface area contributed by atoms with Crippen LogP contribution in [0.1, 0.15) is 27.1 Å². The molecule has 6 nitrogen and oxygen atoms in total. The number of fused-ring (bicyclic) bond motifs is 3. The summed E-state index contributed by atoms with van der Waals surface area (Å²) >= 11 is 0. The van der Waals surface area contributed by atoms with Crippen molar-refractivity contribution in [2.75, 3.05) is 6.61 Å². The predicted molar refractivity (Wildman–Crippen MR) is 65.0 cm³/mol. The number of carbonyl (C=O) groups is 3. The van der Waals surface area contributed by atoms with Crippen molar-refractivity contribution in [1.82, 2.24) is 4.90 Å². The Balaban J connectivity index is 1.72. The summed E-state index contributed by atoms with van der Waals surface area (Å²) in [5, 5.41) is 0. The third-order valence-electron chi connectivity index (χ3n) is 3.97. The van der Waals surface area contributed by atoms with Crippen molar-refractivity contribution < 1.29 is 23.9 Å². The standard InChI is InChI=1S/C14H11NO5/c16-10-5-9(11-6-19-14(10)20-11)15-12(17)7-3-1-2-4-8(7)13(15)18/h1-4,9,11,14H,5-6H2/t9-,11-,14+/m1/s1. The first-order chi connectivity index (χ1) is 9.66. The first-order valence-electron chi connectivity index (χ1n) is 6.43. The SMILES string of the molecule is O=C1C[C@@H](N2C(=O)c3ccccc3C2=O)[C@H]2CO[C@H]1O2. The maximum absolute atomic E-state index is 12.4. The molecule has 2 saturated heterocycles. The molecule has 3 aliphatic heterocycles. The van der Waals surface area contributed by atoms with Gasteiger partial charge in [-0.2, -0.15) is 0 Å². The molecular weight excluding hydrogens is 262 g/mol. The Morgan fingerprint density at radius 1 is 1.05 bits per heavy atom. The summed E-state index contributed by atoms with van der Waals surface area (Å²) in [6.07, 6.45) is -1.15. The molecule has 3 aliphatic rings. The molecule has 3 atom stereocenters. The van der Waals surface area contributed by atoms with Crippen LogP contribution >= 0.6 is 0 Å². The summed E-state index contributed by atoms with van der Waals surface area (Å²) in [5.74, 6) is -0.949. The molecule has 0 saturated carbocycles. The zero-order valence-electron chi connectivity index (χ0n) is 10.4. The quantitative estimate of drug-likeness (QED) is 0.691. The van der Waals surface area contributed by atoms with Crippen molar-refractivity contribution >= 4 is 17.6 Å². The van der Waals surface area contributed by atoms with Crippen LogP contribution in [0.5, 0.6) is 0 Å². The molecule has 0 spiro atoms. The summed E-state index contributed by atoms with van der Waals surface area (Å²) in [7, 11) is 0. The molecular formula is C14H11NO5. The van der Waals surface area contributed by atoms with Gasteiger partial charge in [0.15, 0.2) is 5.78 Å². The van der Waals surface area contributed by atoms with E-state index in [-0.39, 0.29) is 30.6 Å². The van der Waals surface area contributed by atoms with Gasteiger partial charge in [0.2, 0.25) is 6.29 Å². The van der Waals surface area contributed by atoms with Gasteiger partial charge in [0.25, 0.3) is 11.8 Å². The lowest BCUT2D eigenvalue weighted by molar-refractivity contribution is -0.156. The summed E-state index contributed by atoms with van der Waals surface area (Å²) in [5.41, 5.74) is 0.761. The van der Waals surface area contributed by atoms with Gasteiger partial charge in [-0.25, -0.2) is 0 Å². The minimum absolute atomic E-state index is 0.0980. The number of rotatable bonds is 1. The van der Waals surface area contributed by atoms with Gasteiger partial charge in [-0.15, -0.1) is 0 Å². The normalized spacial score (nSPS) is 31.9. The van der Waals surface area contributed by atoms with Gasteiger partial charge in [0.05, 0.1) is 23.8 Å². The Kier molecular flexibility index (Phi) is 2.33. The highest BCUT2D eigenvalue weighted by atomic mass is 16.7. The Hall–Kier alpha value is -2.05. The van der Waals surface area contributed by atoms with Crippen molar-refractivity contribution in [3.63, 3.8) is 0 Å². The average Bonchev–Trinajstić information content (AvgIpc) is 2.99. The summed E-state index contributed by atoms with van der Waals surface area (Å²) in [6.45, 7) is 0.231. The van der Waals surface area contributed by atoms with Crippen molar-refractivity contribution in [2.45, 2.75) is 24.9 Å². The fourth-order valence-corrected chi connectivity index (χ4v) is 2.99. The molecule has 1 aromatic carbocycles. The Labute approximate surface area is 114 Å². The van der Waals surface area contributed by atoms with Gasteiger partial charge in [-0.3, -0.25) is 19.3 Å². The monoisotopic (exact) mass is 273 g/mol. The predicted octanol–water partition coefficient (Wildman–Crippen LogP) is 0.366. The fourth-order valence-electron chi connectivity index (χ4n) is 2.99. The minimum Gasteiger partial charge on any atom is -0.343 e. The van der Waals surface area contributed by atoms with E-state index >= 15 is 0 Å². The van der Waals surface area contributed by atoms with Crippen molar-refractivity contribution in [1.29, 1.82) is 0 Å². The van der Waals surface area contributed by atoms with Crippen LogP contribution in [-0.2, 0) is 14.3 Å². The Morgan fingerprint density at radius 2 is 1.70 bits per heavy atom. The van der Waals surface area contributed by atoms with E-state index in [0.29, 0.717) is 11.1 Å². The van der Waals surface area contributed by atoms with Crippen LogP contribution in [0.2, 0.25) is 0 Å². The van der Waals surface area contributed by atoms with Crippen LogP contribution < -0.4 is 0 Å². The molecule has 2 fully saturated rings. The lowest BCUT2D eigenvalue weighted by Crippen LogP contribution is -2.52. The highest BCUT2D eigenvalue weighted by molar-refractivity contribution is 6.21. The fraction of sp³-hybridized carbons (Fsp3) is 0.357. The van der Waals surface area contributed by atoms with Crippen LogP contribution in [0.15, 0.2) is 24.3 Å². The van der Waals surface area contributed by atoms with E-state index in [9.17, 15) is 14.4 Å². The Bertz CT molecular complexity index is 605. The van der Waals surface area contributed by atoms with Gasteiger partial charge >= 0.3 is 0 Å². The topological polar surface area (TPSA) is 72.9 Å². The smallest absolute Gasteiger partial charge is 0.261 e. The van der Waals surface area contributed by atoms with E-state index in [1.165, 1.54) is 0 Å². The average molecular weight is 273 g/mol. The third-order valence-corrected chi connectivity index (χ3v) is 3.97. The molecule has 3 heterocycles. The maximum atomic E-state index is 12.4. The lowest BCUT2D eigenvalue weighted by Gasteiger charge is -2.32. The van der Waals surface area contributed by atoms with E-state index in [0.717, 1.165) is 4.90 Å². The second-order valence-electron chi connectivity index (χ2n) is 5.10. The Morgan fingerprint density at radius 3 is 2.35 bits per heavy atom. The molecule has 2 bridgehead atoms. The molecule has 0 aromatic heterocycles. The summed E-state index contributed by atoms with van der Waals surface area (Å²) < 4.78 is 10.6. The summed E-state index contributed by atoms with van der Waals surface area (Å²) in [6, 6.07) is 6.09. The number of imide groups is 1. The number of benzene rings is 1. The minimum atomic E-state index is -0.827. The van der Waals surface area contributed by atoms with E-state index in [4.69, 9.17) is 9.47 Å². The number of carbonyl (C=O) groups excluding carboxylic acids is 3.